The fourth-order valence-corrected chi connectivity index (χ4v) is 1.90. The van der Waals surface area contributed by atoms with Gasteiger partial charge in [-0.15, -0.1) is 0 Å². The van der Waals surface area contributed by atoms with Crippen LogP contribution in [-0.2, 0) is 7.05 Å². The number of unbranched alkanes of at least 4 members (excludes halogenated alkanes) is 1. The maximum Gasteiger partial charge on any atom is 0.272 e. The Morgan fingerprint density at radius 2 is 2.17 bits per heavy atom. The summed E-state index contributed by atoms with van der Waals surface area (Å²) in [6.07, 6.45) is 1.47. The summed E-state index contributed by atoms with van der Waals surface area (Å²) < 4.78 is 1.71. The predicted octanol–water partition coefficient (Wildman–Crippen LogP) is 1.08. The largest absolute Gasteiger partial charge is 0.396 e. The molecule has 0 bridgehead atoms. The highest BCUT2D eigenvalue weighted by Gasteiger charge is 2.14. The molecule has 2 aromatic rings. The monoisotopic (exact) mass is 247 g/mol. The van der Waals surface area contributed by atoms with Gasteiger partial charge in [-0.25, -0.2) is 0 Å². The van der Waals surface area contributed by atoms with E-state index in [0.717, 1.165) is 17.3 Å². The smallest absolute Gasteiger partial charge is 0.272 e. The van der Waals surface area contributed by atoms with Crippen molar-refractivity contribution in [3.05, 3.63) is 30.0 Å². The summed E-state index contributed by atoms with van der Waals surface area (Å²) in [6, 6.07) is 7.65. The summed E-state index contributed by atoms with van der Waals surface area (Å²) in [4.78, 5) is 12.0. The first-order chi connectivity index (χ1) is 8.74. The third-order valence-electron chi connectivity index (χ3n) is 2.84. The highest BCUT2D eigenvalue weighted by atomic mass is 16.2. The van der Waals surface area contributed by atoms with Crippen LogP contribution in [0.2, 0.25) is 0 Å². The third-order valence-corrected chi connectivity index (χ3v) is 2.84. The van der Waals surface area contributed by atoms with Gasteiger partial charge in [0.1, 0.15) is 0 Å². The average molecular weight is 247 g/mol. The van der Waals surface area contributed by atoms with Crippen LogP contribution in [0.1, 0.15) is 23.3 Å². The Hall–Kier alpha value is -1.88. The number of amides is 1. The molecule has 1 aromatic heterocycles. The van der Waals surface area contributed by atoms with Crippen molar-refractivity contribution in [1.29, 1.82) is 0 Å². The molecule has 2 rings (SSSR count). The fraction of sp³-hybridized carbons (Fsp3) is 0.385. The summed E-state index contributed by atoms with van der Waals surface area (Å²) in [7, 11) is 1.82. The molecule has 0 aliphatic carbocycles. The normalized spacial score (nSPS) is 10.8. The Morgan fingerprint density at radius 3 is 2.94 bits per heavy atom. The molecule has 96 valence electrons. The van der Waals surface area contributed by atoms with Crippen LogP contribution in [0.4, 0.5) is 0 Å². The Labute approximate surface area is 105 Å². The van der Waals surface area contributed by atoms with Crippen molar-refractivity contribution in [2.24, 2.45) is 7.05 Å². The minimum Gasteiger partial charge on any atom is -0.396 e. The quantitative estimate of drug-likeness (QED) is 0.777. The lowest BCUT2D eigenvalue weighted by Crippen LogP contribution is -2.25. The van der Waals surface area contributed by atoms with Gasteiger partial charge in [0, 0.05) is 25.6 Å². The van der Waals surface area contributed by atoms with E-state index in [-0.39, 0.29) is 12.5 Å². The molecule has 2 N–H and O–H groups in total. The zero-order chi connectivity index (χ0) is 13.0. The van der Waals surface area contributed by atoms with Gasteiger partial charge in [0.25, 0.3) is 5.91 Å². The number of aliphatic hydroxyl groups excluding tert-OH is 1. The minimum atomic E-state index is -0.162. The van der Waals surface area contributed by atoms with Crippen molar-refractivity contribution in [3.63, 3.8) is 0 Å². The van der Waals surface area contributed by atoms with Crippen LogP contribution in [0, 0.1) is 0 Å². The number of aliphatic hydroxyl groups is 1. The molecule has 0 fully saturated rings. The molecule has 0 atom stereocenters. The van der Waals surface area contributed by atoms with Gasteiger partial charge in [-0.3, -0.25) is 9.48 Å². The van der Waals surface area contributed by atoms with E-state index in [1.807, 2.05) is 31.3 Å². The van der Waals surface area contributed by atoms with Crippen molar-refractivity contribution >= 4 is 16.8 Å². The standard InChI is InChI=1S/C13H17N3O2/c1-16-11-7-3-2-6-10(11)12(15-16)13(18)14-8-4-5-9-17/h2-3,6-7,17H,4-5,8-9H2,1H3,(H,14,18). The van der Waals surface area contributed by atoms with Crippen molar-refractivity contribution < 1.29 is 9.90 Å². The van der Waals surface area contributed by atoms with E-state index in [9.17, 15) is 4.79 Å². The number of nitrogens with zero attached hydrogens (tertiary/aromatic N) is 2. The van der Waals surface area contributed by atoms with Crippen LogP contribution in [0.5, 0.6) is 0 Å². The molecule has 0 aliphatic heterocycles. The predicted molar refractivity (Wildman–Crippen MR) is 69.4 cm³/mol. The molecule has 0 unspecified atom stereocenters. The van der Waals surface area contributed by atoms with E-state index < -0.39 is 0 Å². The molecular formula is C13H17N3O2. The van der Waals surface area contributed by atoms with Gasteiger partial charge in [0.05, 0.1) is 5.52 Å². The van der Waals surface area contributed by atoms with Gasteiger partial charge >= 0.3 is 0 Å². The number of aryl methyl sites for hydroxylation is 1. The van der Waals surface area contributed by atoms with E-state index in [0.29, 0.717) is 18.7 Å². The van der Waals surface area contributed by atoms with Gasteiger partial charge < -0.3 is 10.4 Å². The van der Waals surface area contributed by atoms with Crippen molar-refractivity contribution in [2.75, 3.05) is 13.2 Å². The second-order valence-corrected chi connectivity index (χ2v) is 4.18. The van der Waals surface area contributed by atoms with E-state index >= 15 is 0 Å². The second kappa shape index (κ2) is 5.64. The highest BCUT2D eigenvalue weighted by molar-refractivity contribution is 6.04. The Bertz CT molecular complexity index is 548. The maximum atomic E-state index is 12.0. The van der Waals surface area contributed by atoms with Crippen molar-refractivity contribution in [3.8, 4) is 0 Å². The summed E-state index contributed by atoms with van der Waals surface area (Å²) in [5, 5.41) is 16.6. The van der Waals surface area contributed by atoms with Crippen LogP contribution in [-0.4, -0.2) is 33.9 Å². The first kappa shape index (κ1) is 12.6. The zero-order valence-electron chi connectivity index (χ0n) is 10.4. The van der Waals surface area contributed by atoms with Crippen LogP contribution in [0.15, 0.2) is 24.3 Å². The first-order valence-corrected chi connectivity index (χ1v) is 6.05. The minimum absolute atomic E-state index is 0.155. The number of carbonyl (C=O) groups is 1. The van der Waals surface area contributed by atoms with Crippen LogP contribution in [0.3, 0.4) is 0 Å². The summed E-state index contributed by atoms with van der Waals surface area (Å²) in [6.45, 7) is 0.715. The van der Waals surface area contributed by atoms with E-state index in [1.165, 1.54) is 0 Å². The summed E-state index contributed by atoms with van der Waals surface area (Å²) in [5.74, 6) is -0.162. The lowest BCUT2D eigenvalue weighted by molar-refractivity contribution is 0.0948. The van der Waals surface area contributed by atoms with E-state index in [2.05, 4.69) is 10.4 Å². The highest BCUT2D eigenvalue weighted by Crippen LogP contribution is 2.17. The van der Waals surface area contributed by atoms with Gasteiger partial charge in [-0.05, 0) is 18.9 Å². The topological polar surface area (TPSA) is 67.2 Å². The molecule has 0 saturated heterocycles. The SMILES string of the molecule is Cn1nc(C(=O)NCCCCO)c2ccccc21. The van der Waals surface area contributed by atoms with Crippen LogP contribution in [0.25, 0.3) is 10.9 Å². The number of benzene rings is 1. The average Bonchev–Trinajstić information content (AvgIpc) is 2.73. The zero-order valence-corrected chi connectivity index (χ0v) is 10.4. The molecule has 0 aliphatic rings. The lowest BCUT2D eigenvalue weighted by Gasteiger charge is -2.02. The number of rotatable bonds is 5. The number of fused-ring (bicyclic) bond motifs is 1. The molecule has 1 heterocycles. The van der Waals surface area contributed by atoms with Gasteiger partial charge in [-0.2, -0.15) is 5.10 Å². The summed E-state index contributed by atoms with van der Waals surface area (Å²) >= 11 is 0. The Kier molecular flexibility index (Phi) is 3.94. The van der Waals surface area contributed by atoms with Gasteiger partial charge in [0.15, 0.2) is 5.69 Å². The van der Waals surface area contributed by atoms with Gasteiger partial charge in [0.2, 0.25) is 0 Å². The van der Waals surface area contributed by atoms with Crippen molar-refractivity contribution in [2.45, 2.75) is 12.8 Å². The lowest BCUT2D eigenvalue weighted by atomic mass is 10.2. The number of carbonyl (C=O) groups excluding carboxylic acids is 1. The molecular weight excluding hydrogens is 230 g/mol. The third kappa shape index (κ3) is 2.51. The second-order valence-electron chi connectivity index (χ2n) is 4.18. The van der Waals surface area contributed by atoms with Crippen LogP contribution >= 0.6 is 0 Å². The molecule has 18 heavy (non-hydrogen) atoms. The summed E-state index contributed by atoms with van der Waals surface area (Å²) in [5.41, 5.74) is 1.40. The van der Waals surface area contributed by atoms with Crippen molar-refractivity contribution in [1.82, 2.24) is 15.1 Å². The van der Waals surface area contributed by atoms with E-state index in [1.54, 1.807) is 4.68 Å². The van der Waals surface area contributed by atoms with Crippen LogP contribution < -0.4 is 5.32 Å². The molecule has 5 nitrogen and oxygen atoms in total. The number of hydrogen-bond donors (Lipinski definition) is 2. The number of aromatic nitrogens is 2. The number of nitrogens with one attached hydrogen (secondary N) is 1. The fourth-order valence-electron chi connectivity index (χ4n) is 1.90. The molecule has 1 aromatic carbocycles. The molecule has 0 saturated carbocycles. The molecule has 1 amide bonds. The number of para-hydroxylation sites is 1. The Balaban J connectivity index is 2.13. The first-order valence-electron chi connectivity index (χ1n) is 6.05. The Morgan fingerprint density at radius 1 is 1.39 bits per heavy atom. The number of hydrogen-bond acceptors (Lipinski definition) is 3. The van der Waals surface area contributed by atoms with E-state index in [4.69, 9.17) is 5.11 Å². The maximum absolute atomic E-state index is 12.0. The molecule has 0 radical (unpaired) electrons. The van der Waals surface area contributed by atoms with Gasteiger partial charge in [-0.1, -0.05) is 18.2 Å². The molecule has 0 spiro atoms. The molecule has 5 heteroatoms.